The molecule has 5 heteroatoms. The SMILES string of the molecule is OCC1CCc2nc(-c3ccc(F)cc3)nn2C1. The van der Waals surface area contributed by atoms with Crippen molar-refractivity contribution in [3.8, 4) is 11.4 Å². The molecular formula is C13H14FN3O. The number of fused-ring (bicyclic) bond motifs is 1. The van der Waals surface area contributed by atoms with Crippen molar-refractivity contribution in [2.45, 2.75) is 19.4 Å². The van der Waals surface area contributed by atoms with Gasteiger partial charge >= 0.3 is 0 Å². The lowest BCUT2D eigenvalue weighted by Gasteiger charge is -2.19. The molecule has 1 N–H and O–H groups in total. The lowest BCUT2D eigenvalue weighted by Crippen LogP contribution is -2.23. The number of nitrogens with zero attached hydrogens (tertiary/aromatic N) is 3. The fourth-order valence-corrected chi connectivity index (χ4v) is 2.24. The first-order chi connectivity index (χ1) is 8.76. The van der Waals surface area contributed by atoms with Crippen LogP contribution in [0.4, 0.5) is 4.39 Å². The topological polar surface area (TPSA) is 50.9 Å². The molecule has 2 heterocycles. The van der Waals surface area contributed by atoms with E-state index in [1.54, 1.807) is 12.1 Å². The maximum Gasteiger partial charge on any atom is 0.181 e. The third kappa shape index (κ3) is 2.01. The van der Waals surface area contributed by atoms with Crippen LogP contribution in [0.5, 0.6) is 0 Å². The van der Waals surface area contributed by atoms with Crippen LogP contribution in [0.25, 0.3) is 11.4 Å². The van der Waals surface area contributed by atoms with E-state index in [-0.39, 0.29) is 18.3 Å². The minimum Gasteiger partial charge on any atom is -0.396 e. The maximum absolute atomic E-state index is 12.9. The Labute approximate surface area is 104 Å². The molecule has 0 amide bonds. The van der Waals surface area contributed by atoms with Gasteiger partial charge in [0.2, 0.25) is 0 Å². The molecule has 0 saturated carbocycles. The van der Waals surface area contributed by atoms with Crippen molar-refractivity contribution in [3.63, 3.8) is 0 Å². The highest BCUT2D eigenvalue weighted by Crippen LogP contribution is 2.22. The largest absolute Gasteiger partial charge is 0.396 e. The summed E-state index contributed by atoms with van der Waals surface area (Å²) in [5, 5.41) is 13.6. The molecule has 0 fully saturated rings. The number of rotatable bonds is 2. The van der Waals surface area contributed by atoms with Gasteiger partial charge in [-0.2, -0.15) is 5.10 Å². The fourth-order valence-electron chi connectivity index (χ4n) is 2.24. The fraction of sp³-hybridized carbons (Fsp3) is 0.385. The average molecular weight is 247 g/mol. The lowest BCUT2D eigenvalue weighted by molar-refractivity contribution is 0.185. The summed E-state index contributed by atoms with van der Waals surface area (Å²) in [6, 6.07) is 6.18. The molecule has 0 radical (unpaired) electrons. The summed E-state index contributed by atoms with van der Waals surface area (Å²) in [5.74, 6) is 1.57. The maximum atomic E-state index is 12.9. The molecule has 1 aliphatic heterocycles. The quantitative estimate of drug-likeness (QED) is 0.877. The van der Waals surface area contributed by atoms with Gasteiger partial charge in [-0.15, -0.1) is 0 Å². The Hall–Kier alpha value is -1.75. The lowest BCUT2D eigenvalue weighted by atomic mass is 10.0. The average Bonchev–Trinajstić information content (AvgIpc) is 2.82. The van der Waals surface area contributed by atoms with Crippen molar-refractivity contribution >= 4 is 0 Å². The predicted molar refractivity (Wildman–Crippen MR) is 64.3 cm³/mol. The van der Waals surface area contributed by atoms with Gasteiger partial charge in [0.1, 0.15) is 11.6 Å². The van der Waals surface area contributed by atoms with Gasteiger partial charge in [-0.3, -0.25) is 0 Å². The Morgan fingerprint density at radius 1 is 1.33 bits per heavy atom. The van der Waals surface area contributed by atoms with Gasteiger partial charge in [0.25, 0.3) is 0 Å². The monoisotopic (exact) mass is 247 g/mol. The number of aromatic nitrogens is 3. The summed E-state index contributed by atoms with van der Waals surface area (Å²) >= 11 is 0. The Kier molecular flexibility index (Phi) is 2.83. The number of benzene rings is 1. The number of aryl methyl sites for hydroxylation is 1. The van der Waals surface area contributed by atoms with Gasteiger partial charge in [-0.1, -0.05) is 0 Å². The first kappa shape index (κ1) is 11.3. The van der Waals surface area contributed by atoms with Gasteiger partial charge in [-0.25, -0.2) is 14.1 Å². The van der Waals surface area contributed by atoms with Crippen LogP contribution in [-0.4, -0.2) is 26.5 Å². The summed E-state index contributed by atoms with van der Waals surface area (Å²) in [4.78, 5) is 4.47. The number of hydrogen-bond donors (Lipinski definition) is 1. The van der Waals surface area contributed by atoms with Crippen molar-refractivity contribution in [2.24, 2.45) is 5.92 Å². The highest BCUT2D eigenvalue weighted by atomic mass is 19.1. The molecule has 4 nitrogen and oxygen atoms in total. The Bertz CT molecular complexity index is 550. The van der Waals surface area contributed by atoms with Crippen LogP contribution in [0, 0.1) is 11.7 Å². The van der Waals surface area contributed by atoms with Crippen LogP contribution in [0.15, 0.2) is 24.3 Å². The van der Waals surface area contributed by atoms with Gasteiger partial charge in [0, 0.05) is 31.1 Å². The molecule has 1 unspecified atom stereocenters. The van der Waals surface area contributed by atoms with Gasteiger partial charge in [-0.05, 0) is 30.7 Å². The molecular weight excluding hydrogens is 233 g/mol. The third-order valence-corrected chi connectivity index (χ3v) is 3.32. The van der Waals surface area contributed by atoms with Crippen molar-refractivity contribution in [2.75, 3.05) is 6.61 Å². The highest BCUT2D eigenvalue weighted by molar-refractivity contribution is 5.54. The number of aliphatic hydroxyl groups is 1. The zero-order valence-corrected chi connectivity index (χ0v) is 9.88. The molecule has 0 spiro atoms. The Balaban J connectivity index is 1.91. The van der Waals surface area contributed by atoms with E-state index in [0.29, 0.717) is 12.4 Å². The highest BCUT2D eigenvalue weighted by Gasteiger charge is 2.21. The summed E-state index contributed by atoms with van der Waals surface area (Å²) in [6.45, 7) is 0.894. The van der Waals surface area contributed by atoms with E-state index in [0.717, 1.165) is 24.2 Å². The molecule has 1 aliphatic rings. The summed E-state index contributed by atoms with van der Waals surface area (Å²) in [7, 11) is 0. The zero-order chi connectivity index (χ0) is 12.5. The van der Waals surface area contributed by atoms with Crippen molar-refractivity contribution in [1.82, 2.24) is 14.8 Å². The van der Waals surface area contributed by atoms with Crippen LogP contribution in [0.3, 0.4) is 0 Å². The first-order valence-electron chi connectivity index (χ1n) is 6.07. The third-order valence-electron chi connectivity index (χ3n) is 3.32. The smallest absolute Gasteiger partial charge is 0.181 e. The Morgan fingerprint density at radius 2 is 2.11 bits per heavy atom. The second-order valence-corrected chi connectivity index (χ2v) is 4.63. The molecule has 3 rings (SSSR count). The molecule has 18 heavy (non-hydrogen) atoms. The van der Waals surface area contributed by atoms with E-state index in [1.807, 2.05) is 4.68 Å². The first-order valence-corrected chi connectivity index (χ1v) is 6.07. The van der Waals surface area contributed by atoms with Gasteiger partial charge < -0.3 is 5.11 Å². The van der Waals surface area contributed by atoms with Crippen LogP contribution in [-0.2, 0) is 13.0 Å². The summed E-state index contributed by atoms with van der Waals surface area (Å²) < 4.78 is 14.7. The van der Waals surface area contributed by atoms with Crippen LogP contribution < -0.4 is 0 Å². The number of halogens is 1. The molecule has 1 atom stereocenters. The van der Waals surface area contributed by atoms with Gasteiger partial charge in [0.05, 0.1) is 0 Å². The van der Waals surface area contributed by atoms with E-state index in [4.69, 9.17) is 5.11 Å². The molecule has 0 aliphatic carbocycles. The summed E-state index contributed by atoms with van der Waals surface area (Å²) in [6.07, 6.45) is 1.78. The molecule has 0 bridgehead atoms. The standard InChI is InChI=1S/C13H14FN3O/c14-11-4-2-10(3-5-11)13-15-12-6-1-9(8-18)7-17(12)16-13/h2-5,9,18H,1,6-8H2. The number of hydrogen-bond acceptors (Lipinski definition) is 3. The molecule has 1 aromatic carbocycles. The van der Waals surface area contributed by atoms with Crippen LogP contribution in [0.1, 0.15) is 12.2 Å². The second-order valence-electron chi connectivity index (χ2n) is 4.63. The van der Waals surface area contributed by atoms with Gasteiger partial charge in [0.15, 0.2) is 5.82 Å². The predicted octanol–water partition coefficient (Wildman–Crippen LogP) is 1.64. The minimum absolute atomic E-state index is 0.186. The van der Waals surface area contributed by atoms with Crippen LogP contribution >= 0.6 is 0 Å². The van der Waals surface area contributed by atoms with Crippen molar-refractivity contribution in [1.29, 1.82) is 0 Å². The number of aliphatic hydroxyl groups excluding tert-OH is 1. The van der Waals surface area contributed by atoms with Crippen molar-refractivity contribution in [3.05, 3.63) is 35.9 Å². The van der Waals surface area contributed by atoms with E-state index < -0.39 is 0 Å². The summed E-state index contributed by atoms with van der Waals surface area (Å²) in [5.41, 5.74) is 0.818. The molecule has 1 aromatic heterocycles. The van der Waals surface area contributed by atoms with E-state index in [1.165, 1.54) is 12.1 Å². The normalized spacial score (nSPS) is 18.7. The zero-order valence-electron chi connectivity index (χ0n) is 9.88. The van der Waals surface area contributed by atoms with Crippen molar-refractivity contribution < 1.29 is 9.50 Å². The second kappa shape index (κ2) is 4.49. The molecule has 0 saturated heterocycles. The molecule has 94 valence electrons. The minimum atomic E-state index is -0.261. The van der Waals surface area contributed by atoms with E-state index in [2.05, 4.69) is 10.1 Å². The van der Waals surface area contributed by atoms with E-state index in [9.17, 15) is 4.39 Å². The molecule has 2 aromatic rings. The van der Waals surface area contributed by atoms with Crippen LogP contribution in [0.2, 0.25) is 0 Å². The Morgan fingerprint density at radius 3 is 2.83 bits per heavy atom. The van der Waals surface area contributed by atoms with E-state index >= 15 is 0 Å².